The van der Waals surface area contributed by atoms with Gasteiger partial charge in [0.25, 0.3) is 5.91 Å². The number of nitrogens with one attached hydrogen (secondary N) is 1. The van der Waals surface area contributed by atoms with E-state index in [1.807, 2.05) is 39.8 Å². The molecule has 6 nitrogen and oxygen atoms in total. The van der Waals surface area contributed by atoms with Crippen molar-refractivity contribution in [2.45, 2.75) is 52.9 Å². The van der Waals surface area contributed by atoms with Crippen LogP contribution in [0.4, 0.5) is 0 Å². The van der Waals surface area contributed by atoms with Gasteiger partial charge in [0.1, 0.15) is 0 Å². The fourth-order valence-corrected chi connectivity index (χ4v) is 3.48. The zero-order chi connectivity index (χ0) is 19.0. The van der Waals surface area contributed by atoms with Gasteiger partial charge >= 0.3 is 5.97 Å². The first-order valence-corrected chi connectivity index (χ1v) is 9.00. The molecule has 26 heavy (non-hydrogen) atoms. The molecule has 3 rings (SSSR count). The Morgan fingerprint density at radius 1 is 1.23 bits per heavy atom. The number of ether oxygens (including phenoxy) is 2. The van der Waals surface area contributed by atoms with Gasteiger partial charge in [-0.2, -0.15) is 0 Å². The van der Waals surface area contributed by atoms with Crippen LogP contribution in [0.15, 0.2) is 18.2 Å². The molecule has 140 valence electrons. The highest BCUT2D eigenvalue weighted by Gasteiger charge is 2.30. The number of aromatic amines is 1. The largest absolute Gasteiger partial charge is 0.449 e. The first-order valence-electron chi connectivity index (χ1n) is 9.00. The van der Waals surface area contributed by atoms with E-state index in [0.717, 1.165) is 22.2 Å². The Morgan fingerprint density at radius 3 is 2.54 bits per heavy atom. The SMILES string of the molecule is Cc1[nH]c2ccc(C(=O)OC(C)C(=O)N3CC(C)OC(C)C3)cc2c1C. The number of aromatic nitrogens is 1. The summed E-state index contributed by atoms with van der Waals surface area (Å²) in [4.78, 5) is 30.1. The number of aryl methyl sites for hydroxylation is 2. The molecule has 3 unspecified atom stereocenters. The van der Waals surface area contributed by atoms with Crippen molar-refractivity contribution in [1.29, 1.82) is 0 Å². The van der Waals surface area contributed by atoms with Gasteiger partial charge in [-0.3, -0.25) is 4.79 Å². The average Bonchev–Trinajstić information content (AvgIpc) is 2.87. The molecule has 3 atom stereocenters. The van der Waals surface area contributed by atoms with E-state index in [1.165, 1.54) is 0 Å². The molecule has 0 aliphatic carbocycles. The lowest BCUT2D eigenvalue weighted by atomic mass is 10.1. The lowest BCUT2D eigenvalue weighted by Gasteiger charge is -2.36. The minimum absolute atomic E-state index is 0.0205. The van der Waals surface area contributed by atoms with Crippen molar-refractivity contribution in [1.82, 2.24) is 9.88 Å². The summed E-state index contributed by atoms with van der Waals surface area (Å²) in [5.74, 6) is -0.671. The highest BCUT2D eigenvalue weighted by atomic mass is 16.5. The summed E-state index contributed by atoms with van der Waals surface area (Å²) >= 11 is 0. The highest BCUT2D eigenvalue weighted by Crippen LogP contribution is 2.23. The Bertz CT molecular complexity index is 832. The van der Waals surface area contributed by atoms with Crippen LogP contribution in [0.1, 0.15) is 42.4 Å². The highest BCUT2D eigenvalue weighted by molar-refractivity contribution is 5.97. The van der Waals surface area contributed by atoms with E-state index in [2.05, 4.69) is 4.98 Å². The summed E-state index contributed by atoms with van der Waals surface area (Å²) in [6.07, 6.45) is -0.870. The van der Waals surface area contributed by atoms with Gasteiger partial charge in [-0.05, 0) is 58.4 Å². The van der Waals surface area contributed by atoms with Gasteiger partial charge in [0.2, 0.25) is 0 Å². The maximum absolute atomic E-state index is 12.6. The lowest BCUT2D eigenvalue weighted by Crippen LogP contribution is -2.51. The molecule has 1 aromatic heterocycles. The van der Waals surface area contributed by atoms with Crippen LogP contribution in [0.2, 0.25) is 0 Å². The number of fused-ring (bicyclic) bond motifs is 1. The number of carbonyl (C=O) groups excluding carboxylic acids is 2. The Hall–Kier alpha value is -2.34. The Kier molecular flexibility index (Phi) is 5.05. The fourth-order valence-electron chi connectivity index (χ4n) is 3.48. The summed E-state index contributed by atoms with van der Waals surface area (Å²) in [6, 6.07) is 5.40. The molecule has 1 amide bonds. The molecule has 1 N–H and O–H groups in total. The van der Waals surface area contributed by atoms with Gasteiger partial charge < -0.3 is 19.4 Å². The summed E-state index contributed by atoms with van der Waals surface area (Å²) < 4.78 is 11.1. The molecular formula is C20H26N2O4. The Morgan fingerprint density at radius 2 is 1.88 bits per heavy atom. The fraction of sp³-hybridized carbons (Fsp3) is 0.500. The third kappa shape index (κ3) is 3.60. The van der Waals surface area contributed by atoms with E-state index in [1.54, 1.807) is 17.9 Å². The van der Waals surface area contributed by atoms with Crippen molar-refractivity contribution < 1.29 is 19.1 Å². The second-order valence-corrected chi connectivity index (χ2v) is 7.18. The number of esters is 1. The smallest absolute Gasteiger partial charge is 0.338 e. The molecule has 1 saturated heterocycles. The summed E-state index contributed by atoms with van der Waals surface area (Å²) in [6.45, 7) is 10.5. The van der Waals surface area contributed by atoms with Crippen LogP contribution >= 0.6 is 0 Å². The topological polar surface area (TPSA) is 71.6 Å². The average molecular weight is 358 g/mol. The van der Waals surface area contributed by atoms with E-state index in [-0.39, 0.29) is 18.1 Å². The Labute approximate surface area is 153 Å². The zero-order valence-corrected chi connectivity index (χ0v) is 16.0. The lowest BCUT2D eigenvalue weighted by molar-refractivity contribution is -0.151. The van der Waals surface area contributed by atoms with E-state index in [9.17, 15) is 9.59 Å². The van der Waals surface area contributed by atoms with Crippen molar-refractivity contribution in [2.24, 2.45) is 0 Å². The van der Waals surface area contributed by atoms with E-state index >= 15 is 0 Å². The quantitative estimate of drug-likeness (QED) is 0.856. The molecule has 1 aromatic carbocycles. The maximum Gasteiger partial charge on any atom is 0.338 e. The summed E-state index contributed by atoms with van der Waals surface area (Å²) in [5, 5.41) is 0.992. The van der Waals surface area contributed by atoms with Gasteiger partial charge in [0, 0.05) is 29.7 Å². The number of hydrogen-bond acceptors (Lipinski definition) is 4. The molecule has 0 bridgehead atoms. The molecular weight excluding hydrogens is 332 g/mol. The molecule has 6 heteroatoms. The number of rotatable bonds is 3. The van der Waals surface area contributed by atoms with Gasteiger partial charge in [0.05, 0.1) is 17.8 Å². The van der Waals surface area contributed by atoms with Crippen molar-refractivity contribution >= 4 is 22.8 Å². The van der Waals surface area contributed by atoms with Crippen molar-refractivity contribution in [2.75, 3.05) is 13.1 Å². The zero-order valence-electron chi connectivity index (χ0n) is 16.0. The molecule has 0 saturated carbocycles. The minimum atomic E-state index is -0.829. The van der Waals surface area contributed by atoms with Crippen LogP contribution in [0.3, 0.4) is 0 Å². The minimum Gasteiger partial charge on any atom is -0.449 e. The van der Waals surface area contributed by atoms with E-state index < -0.39 is 12.1 Å². The molecule has 1 fully saturated rings. The van der Waals surface area contributed by atoms with Gasteiger partial charge in [-0.25, -0.2) is 4.79 Å². The molecule has 2 heterocycles. The first-order chi connectivity index (χ1) is 12.3. The normalized spacial score (nSPS) is 21.7. The van der Waals surface area contributed by atoms with E-state index in [0.29, 0.717) is 18.7 Å². The standard InChI is InChI=1S/C20H26N2O4/c1-11-9-22(10-12(2)25-11)19(23)15(5)26-20(24)16-6-7-18-17(8-16)13(3)14(4)21-18/h6-8,11-12,15,21H,9-10H2,1-5H3. The third-order valence-electron chi connectivity index (χ3n) is 4.91. The van der Waals surface area contributed by atoms with Crippen molar-refractivity contribution in [3.63, 3.8) is 0 Å². The number of benzene rings is 1. The summed E-state index contributed by atoms with van der Waals surface area (Å²) in [7, 11) is 0. The number of H-pyrrole nitrogens is 1. The van der Waals surface area contributed by atoms with Gasteiger partial charge in [0.15, 0.2) is 6.10 Å². The van der Waals surface area contributed by atoms with Crippen molar-refractivity contribution in [3.05, 3.63) is 35.0 Å². The number of nitrogens with zero attached hydrogens (tertiary/aromatic N) is 1. The Balaban J connectivity index is 1.70. The van der Waals surface area contributed by atoms with Crippen LogP contribution in [0.25, 0.3) is 10.9 Å². The predicted octanol–water partition coefficient (Wildman–Crippen LogP) is 2.97. The number of carbonyl (C=O) groups is 2. The van der Waals surface area contributed by atoms with Crippen LogP contribution < -0.4 is 0 Å². The monoisotopic (exact) mass is 358 g/mol. The van der Waals surface area contributed by atoms with Crippen LogP contribution in [-0.4, -0.2) is 53.2 Å². The molecule has 2 aromatic rings. The predicted molar refractivity (Wildman–Crippen MR) is 99.2 cm³/mol. The number of hydrogen-bond donors (Lipinski definition) is 1. The van der Waals surface area contributed by atoms with E-state index in [4.69, 9.17) is 9.47 Å². The third-order valence-corrected chi connectivity index (χ3v) is 4.91. The first kappa shape index (κ1) is 18.5. The van der Waals surface area contributed by atoms with Gasteiger partial charge in [-0.1, -0.05) is 0 Å². The number of amides is 1. The second kappa shape index (κ2) is 7.11. The van der Waals surface area contributed by atoms with Crippen LogP contribution in [0.5, 0.6) is 0 Å². The van der Waals surface area contributed by atoms with Crippen molar-refractivity contribution in [3.8, 4) is 0 Å². The second-order valence-electron chi connectivity index (χ2n) is 7.18. The van der Waals surface area contributed by atoms with Crippen LogP contribution in [-0.2, 0) is 14.3 Å². The molecule has 1 aliphatic heterocycles. The van der Waals surface area contributed by atoms with Crippen LogP contribution in [0, 0.1) is 13.8 Å². The molecule has 1 aliphatic rings. The maximum atomic E-state index is 12.6. The number of morpholine rings is 1. The summed E-state index contributed by atoms with van der Waals surface area (Å²) in [5.41, 5.74) is 3.61. The molecule has 0 spiro atoms. The molecule has 0 radical (unpaired) electrons. The van der Waals surface area contributed by atoms with Gasteiger partial charge in [-0.15, -0.1) is 0 Å².